The Morgan fingerprint density at radius 2 is 2.33 bits per heavy atom. The predicted molar refractivity (Wildman–Crippen MR) is 58.3 cm³/mol. The van der Waals surface area contributed by atoms with Gasteiger partial charge in [-0.3, -0.25) is 4.79 Å². The Morgan fingerprint density at radius 3 is 2.93 bits per heavy atom. The van der Waals surface area contributed by atoms with Gasteiger partial charge in [0.25, 0.3) is 5.91 Å². The first-order valence-electron chi connectivity index (χ1n) is 4.88. The highest BCUT2D eigenvalue weighted by atomic mass is 16.1. The maximum Gasteiger partial charge on any atom is 0.251 e. The van der Waals surface area contributed by atoms with Gasteiger partial charge in [0.15, 0.2) is 0 Å². The van der Waals surface area contributed by atoms with E-state index in [2.05, 4.69) is 11.4 Å². The smallest absolute Gasteiger partial charge is 0.251 e. The number of aryl methyl sites for hydroxylation is 1. The number of carbonyl (C=O) groups excluding carboxylic acids is 1. The zero-order chi connectivity index (χ0) is 11.3. The molecule has 15 heavy (non-hydrogen) atoms. The highest BCUT2D eigenvalue weighted by molar-refractivity contribution is 5.94. The molecule has 0 aliphatic heterocycles. The van der Waals surface area contributed by atoms with Crippen LogP contribution in [-0.4, -0.2) is 12.5 Å². The molecule has 1 unspecified atom stereocenters. The Hall–Kier alpha value is -1.82. The number of rotatable bonds is 3. The molecule has 0 saturated carbocycles. The van der Waals surface area contributed by atoms with Crippen LogP contribution >= 0.6 is 0 Å². The number of nitriles is 1. The summed E-state index contributed by atoms with van der Waals surface area (Å²) < 4.78 is 0. The van der Waals surface area contributed by atoms with Gasteiger partial charge in [-0.25, -0.2) is 0 Å². The van der Waals surface area contributed by atoms with E-state index >= 15 is 0 Å². The van der Waals surface area contributed by atoms with E-state index in [-0.39, 0.29) is 11.8 Å². The molecule has 3 heteroatoms. The minimum absolute atomic E-state index is 0.124. The summed E-state index contributed by atoms with van der Waals surface area (Å²) in [5.74, 6) is -0.278. The lowest BCUT2D eigenvalue weighted by Crippen LogP contribution is -2.27. The molecule has 1 aromatic carbocycles. The Balaban J connectivity index is 2.59. The Bertz CT molecular complexity index is 393. The second-order valence-corrected chi connectivity index (χ2v) is 3.61. The van der Waals surface area contributed by atoms with E-state index in [4.69, 9.17) is 5.26 Å². The van der Waals surface area contributed by atoms with E-state index in [1.54, 1.807) is 13.0 Å². The van der Waals surface area contributed by atoms with Crippen LogP contribution in [0.3, 0.4) is 0 Å². The molecule has 78 valence electrons. The molecule has 1 atom stereocenters. The number of carbonyl (C=O) groups is 1. The molecule has 0 radical (unpaired) electrons. The molecular weight excluding hydrogens is 188 g/mol. The van der Waals surface area contributed by atoms with Gasteiger partial charge in [0.05, 0.1) is 12.0 Å². The second-order valence-electron chi connectivity index (χ2n) is 3.61. The lowest BCUT2D eigenvalue weighted by molar-refractivity contribution is 0.0950. The quantitative estimate of drug-likeness (QED) is 0.813. The minimum atomic E-state index is -0.154. The maximum atomic E-state index is 11.6. The lowest BCUT2D eigenvalue weighted by Gasteiger charge is -2.06. The summed E-state index contributed by atoms with van der Waals surface area (Å²) in [6.45, 7) is 4.11. The van der Waals surface area contributed by atoms with Crippen molar-refractivity contribution in [1.29, 1.82) is 5.26 Å². The van der Waals surface area contributed by atoms with E-state index < -0.39 is 0 Å². The fourth-order valence-electron chi connectivity index (χ4n) is 1.18. The highest BCUT2D eigenvalue weighted by Crippen LogP contribution is 2.03. The van der Waals surface area contributed by atoms with Crippen molar-refractivity contribution >= 4 is 5.91 Å². The van der Waals surface area contributed by atoms with Crippen LogP contribution in [0.25, 0.3) is 0 Å². The molecule has 0 spiro atoms. The van der Waals surface area contributed by atoms with Crippen LogP contribution in [0.5, 0.6) is 0 Å². The monoisotopic (exact) mass is 202 g/mol. The molecule has 1 rings (SSSR count). The summed E-state index contributed by atoms with van der Waals surface area (Å²) in [4.78, 5) is 11.6. The van der Waals surface area contributed by atoms with Gasteiger partial charge in [-0.05, 0) is 26.0 Å². The number of amides is 1. The average molecular weight is 202 g/mol. The van der Waals surface area contributed by atoms with Crippen molar-refractivity contribution in [3.8, 4) is 6.07 Å². The third kappa shape index (κ3) is 3.43. The van der Waals surface area contributed by atoms with E-state index in [1.165, 1.54) is 0 Å². The largest absolute Gasteiger partial charge is 0.351 e. The SMILES string of the molecule is Cc1cccc(C(=O)NCC(C)C#N)c1. The first kappa shape index (κ1) is 11.3. The van der Waals surface area contributed by atoms with Crippen LogP contribution in [0.15, 0.2) is 24.3 Å². The summed E-state index contributed by atoms with van der Waals surface area (Å²) in [5, 5.41) is 11.3. The third-order valence-corrected chi connectivity index (χ3v) is 2.07. The zero-order valence-corrected chi connectivity index (χ0v) is 8.95. The minimum Gasteiger partial charge on any atom is -0.351 e. The van der Waals surface area contributed by atoms with Gasteiger partial charge in [-0.2, -0.15) is 5.26 Å². The molecule has 0 aliphatic carbocycles. The number of nitrogens with one attached hydrogen (secondary N) is 1. The van der Waals surface area contributed by atoms with Crippen LogP contribution < -0.4 is 5.32 Å². The van der Waals surface area contributed by atoms with Crippen LogP contribution in [0.4, 0.5) is 0 Å². The Kier molecular flexibility index (Phi) is 3.87. The first-order valence-corrected chi connectivity index (χ1v) is 4.88. The normalized spacial score (nSPS) is 11.5. The van der Waals surface area contributed by atoms with Crippen LogP contribution in [-0.2, 0) is 0 Å². The number of hydrogen-bond donors (Lipinski definition) is 1. The van der Waals surface area contributed by atoms with E-state index in [0.717, 1.165) is 5.56 Å². The number of nitrogens with zero attached hydrogens (tertiary/aromatic N) is 1. The molecule has 1 aromatic rings. The van der Waals surface area contributed by atoms with Crippen LogP contribution in [0.2, 0.25) is 0 Å². The molecule has 1 N–H and O–H groups in total. The van der Waals surface area contributed by atoms with Crippen molar-refractivity contribution < 1.29 is 4.79 Å². The summed E-state index contributed by atoms with van der Waals surface area (Å²) in [7, 11) is 0. The summed E-state index contributed by atoms with van der Waals surface area (Å²) in [6.07, 6.45) is 0. The van der Waals surface area contributed by atoms with E-state index in [9.17, 15) is 4.79 Å². The van der Waals surface area contributed by atoms with Crippen molar-refractivity contribution in [2.75, 3.05) is 6.54 Å². The van der Waals surface area contributed by atoms with Gasteiger partial charge in [0.2, 0.25) is 0 Å². The molecular formula is C12H14N2O. The van der Waals surface area contributed by atoms with Gasteiger partial charge in [-0.1, -0.05) is 17.7 Å². The molecule has 0 fully saturated rings. The number of hydrogen-bond acceptors (Lipinski definition) is 2. The molecule has 0 aliphatic rings. The zero-order valence-electron chi connectivity index (χ0n) is 8.95. The average Bonchev–Trinajstić information content (AvgIpc) is 2.25. The van der Waals surface area contributed by atoms with Gasteiger partial charge >= 0.3 is 0 Å². The van der Waals surface area contributed by atoms with Crippen molar-refractivity contribution in [2.24, 2.45) is 5.92 Å². The third-order valence-electron chi connectivity index (χ3n) is 2.07. The van der Waals surface area contributed by atoms with Crippen LogP contribution in [0.1, 0.15) is 22.8 Å². The van der Waals surface area contributed by atoms with Crippen molar-refractivity contribution in [3.05, 3.63) is 35.4 Å². The highest BCUT2D eigenvalue weighted by Gasteiger charge is 2.06. The first-order chi connectivity index (χ1) is 7.13. The van der Waals surface area contributed by atoms with Crippen molar-refractivity contribution in [1.82, 2.24) is 5.32 Å². The predicted octanol–water partition coefficient (Wildman–Crippen LogP) is 1.88. The molecule has 3 nitrogen and oxygen atoms in total. The van der Waals surface area contributed by atoms with E-state index in [0.29, 0.717) is 12.1 Å². The summed E-state index contributed by atoms with van der Waals surface area (Å²) in [5.41, 5.74) is 1.69. The van der Waals surface area contributed by atoms with Crippen LogP contribution in [0, 0.1) is 24.2 Å². The van der Waals surface area contributed by atoms with Crippen molar-refractivity contribution in [3.63, 3.8) is 0 Å². The molecule has 1 amide bonds. The van der Waals surface area contributed by atoms with Gasteiger partial charge < -0.3 is 5.32 Å². The number of benzene rings is 1. The Labute approximate surface area is 89.7 Å². The fraction of sp³-hybridized carbons (Fsp3) is 0.333. The van der Waals surface area contributed by atoms with E-state index in [1.807, 2.05) is 25.1 Å². The Morgan fingerprint density at radius 1 is 1.60 bits per heavy atom. The second kappa shape index (κ2) is 5.16. The summed E-state index contributed by atoms with van der Waals surface area (Å²) in [6, 6.07) is 9.44. The molecule has 0 saturated heterocycles. The lowest BCUT2D eigenvalue weighted by atomic mass is 10.1. The van der Waals surface area contributed by atoms with Gasteiger partial charge in [0.1, 0.15) is 0 Å². The topological polar surface area (TPSA) is 52.9 Å². The molecule has 0 bridgehead atoms. The van der Waals surface area contributed by atoms with Gasteiger partial charge in [0, 0.05) is 12.1 Å². The maximum absolute atomic E-state index is 11.6. The fourth-order valence-corrected chi connectivity index (χ4v) is 1.18. The molecule has 0 aromatic heterocycles. The van der Waals surface area contributed by atoms with Gasteiger partial charge in [-0.15, -0.1) is 0 Å². The standard InChI is InChI=1S/C12H14N2O/c1-9-4-3-5-11(6-9)12(15)14-8-10(2)7-13/h3-6,10H,8H2,1-2H3,(H,14,15). The molecule has 0 heterocycles. The van der Waals surface area contributed by atoms with Crippen molar-refractivity contribution in [2.45, 2.75) is 13.8 Å². The summed E-state index contributed by atoms with van der Waals surface area (Å²) >= 11 is 0.